The van der Waals surface area contributed by atoms with Gasteiger partial charge in [-0.15, -0.1) is 0 Å². The molecule has 27 heavy (non-hydrogen) atoms. The molecule has 7 heteroatoms. The van der Waals surface area contributed by atoms with Crippen LogP contribution in [0.3, 0.4) is 0 Å². The molecule has 1 atom stereocenters. The third kappa shape index (κ3) is 6.61. The summed E-state index contributed by atoms with van der Waals surface area (Å²) >= 11 is 11.8. The predicted molar refractivity (Wildman–Crippen MR) is 109 cm³/mol. The average Bonchev–Trinajstić information content (AvgIpc) is 2.65. The van der Waals surface area contributed by atoms with Crippen LogP contribution in [-0.2, 0) is 4.79 Å². The van der Waals surface area contributed by atoms with E-state index in [1.165, 1.54) is 0 Å². The number of ether oxygens (including phenoxy) is 2. The zero-order valence-corrected chi connectivity index (χ0v) is 17.2. The number of rotatable bonds is 9. The molecule has 5 nitrogen and oxygen atoms in total. The fourth-order valence-electron chi connectivity index (χ4n) is 2.55. The summed E-state index contributed by atoms with van der Waals surface area (Å²) in [6, 6.07) is 12.9. The lowest BCUT2D eigenvalue weighted by Gasteiger charge is -2.25. The Morgan fingerprint density at radius 3 is 2.33 bits per heavy atom. The van der Waals surface area contributed by atoms with Crippen molar-refractivity contribution in [3.63, 3.8) is 0 Å². The lowest BCUT2D eigenvalue weighted by Crippen LogP contribution is -2.35. The zero-order chi connectivity index (χ0) is 19.8. The number of carbonyl (C=O) groups excluding carboxylic acids is 1. The van der Waals surface area contributed by atoms with Crippen LogP contribution in [-0.4, -0.2) is 45.2 Å². The molecule has 0 aliphatic carbocycles. The molecule has 2 aromatic carbocycles. The molecule has 0 bridgehead atoms. The molecule has 2 aromatic rings. The number of methoxy groups -OCH3 is 1. The van der Waals surface area contributed by atoms with E-state index in [-0.39, 0.29) is 25.0 Å². The van der Waals surface area contributed by atoms with Gasteiger partial charge in [0.1, 0.15) is 11.5 Å². The number of likely N-dealkylation sites (N-methyl/N-ethyl adjacent to an activating group) is 1. The van der Waals surface area contributed by atoms with Gasteiger partial charge < -0.3 is 19.7 Å². The van der Waals surface area contributed by atoms with Crippen LogP contribution in [0.15, 0.2) is 42.5 Å². The highest BCUT2D eigenvalue weighted by Gasteiger charge is 2.15. The summed E-state index contributed by atoms with van der Waals surface area (Å²) in [6.07, 6.45) is 0.253. The molecule has 1 N–H and O–H groups in total. The summed E-state index contributed by atoms with van der Waals surface area (Å²) in [4.78, 5) is 14.2. The highest BCUT2D eigenvalue weighted by Crippen LogP contribution is 2.26. The normalized spacial score (nSPS) is 11.9. The third-order valence-electron chi connectivity index (χ3n) is 4.11. The molecular weight excluding hydrogens is 387 g/mol. The molecule has 0 aromatic heterocycles. The average molecular weight is 411 g/mol. The molecule has 0 fully saturated rings. The number of amides is 1. The maximum absolute atomic E-state index is 12.1. The van der Waals surface area contributed by atoms with Crippen molar-refractivity contribution in [2.75, 3.05) is 34.4 Å². The van der Waals surface area contributed by atoms with E-state index in [2.05, 4.69) is 10.2 Å². The van der Waals surface area contributed by atoms with Crippen molar-refractivity contribution < 1.29 is 14.3 Å². The van der Waals surface area contributed by atoms with E-state index in [0.29, 0.717) is 22.3 Å². The Morgan fingerprint density at radius 2 is 1.74 bits per heavy atom. The Balaban J connectivity index is 1.81. The molecule has 0 aliphatic heterocycles. The second-order valence-corrected chi connectivity index (χ2v) is 7.05. The van der Waals surface area contributed by atoms with Gasteiger partial charge in [-0.3, -0.25) is 4.79 Å². The molecule has 0 radical (unpaired) electrons. The van der Waals surface area contributed by atoms with Crippen molar-refractivity contribution in [1.29, 1.82) is 0 Å². The Bertz CT molecular complexity index is 751. The maximum atomic E-state index is 12.1. The van der Waals surface area contributed by atoms with Crippen LogP contribution in [0.25, 0.3) is 0 Å². The topological polar surface area (TPSA) is 50.8 Å². The van der Waals surface area contributed by atoms with Gasteiger partial charge in [0.2, 0.25) is 5.91 Å². The van der Waals surface area contributed by atoms with E-state index in [1.54, 1.807) is 25.3 Å². The molecule has 0 aliphatic rings. The van der Waals surface area contributed by atoms with Gasteiger partial charge in [0.25, 0.3) is 0 Å². The zero-order valence-electron chi connectivity index (χ0n) is 15.7. The number of carbonyl (C=O) groups is 1. The quantitative estimate of drug-likeness (QED) is 0.673. The first-order chi connectivity index (χ1) is 12.9. The number of nitrogens with zero attached hydrogens (tertiary/aromatic N) is 1. The summed E-state index contributed by atoms with van der Waals surface area (Å²) in [5.41, 5.74) is 1.10. The summed E-state index contributed by atoms with van der Waals surface area (Å²) < 4.78 is 10.7. The Labute approximate surface area is 170 Å². The maximum Gasteiger partial charge on any atom is 0.223 e. The smallest absolute Gasteiger partial charge is 0.223 e. The first-order valence-electron chi connectivity index (χ1n) is 8.55. The van der Waals surface area contributed by atoms with E-state index < -0.39 is 0 Å². The molecule has 1 amide bonds. The first kappa shape index (κ1) is 21.4. The van der Waals surface area contributed by atoms with E-state index in [9.17, 15) is 4.79 Å². The van der Waals surface area contributed by atoms with Crippen LogP contribution in [0.1, 0.15) is 18.0 Å². The van der Waals surface area contributed by atoms with Gasteiger partial charge in [-0.25, -0.2) is 0 Å². The van der Waals surface area contributed by atoms with Crippen LogP contribution < -0.4 is 14.8 Å². The molecule has 146 valence electrons. The molecule has 0 saturated carbocycles. The Hall–Kier alpha value is -1.95. The van der Waals surface area contributed by atoms with Gasteiger partial charge in [0.15, 0.2) is 0 Å². The minimum absolute atomic E-state index is 0.0656. The van der Waals surface area contributed by atoms with Crippen molar-refractivity contribution in [3.05, 3.63) is 58.1 Å². The fourth-order valence-corrected chi connectivity index (χ4v) is 2.84. The van der Waals surface area contributed by atoms with Crippen LogP contribution in [0, 0.1) is 0 Å². The summed E-state index contributed by atoms with van der Waals surface area (Å²) in [6.45, 7) is 0.768. The number of halogens is 2. The minimum Gasteiger partial charge on any atom is -0.497 e. The highest BCUT2D eigenvalue weighted by atomic mass is 35.5. The predicted octanol–water partition coefficient (Wildman–Crippen LogP) is 4.19. The number of nitrogens with one attached hydrogen (secondary N) is 1. The minimum atomic E-state index is -0.0737. The molecule has 0 heterocycles. The number of benzene rings is 2. The number of hydrogen-bond donors (Lipinski definition) is 1. The number of hydrogen-bond acceptors (Lipinski definition) is 4. The van der Waals surface area contributed by atoms with Crippen molar-refractivity contribution in [1.82, 2.24) is 10.2 Å². The SMILES string of the molecule is COc1ccc(C(CNC(=O)CCOc2ccc(Cl)c(Cl)c2)N(C)C)cc1. The van der Waals surface area contributed by atoms with Crippen molar-refractivity contribution in [2.24, 2.45) is 0 Å². The lowest BCUT2D eigenvalue weighted by molar-refractivity contribution is -0.121. The van der Waals surface area contributed by atoms with Gasteiger partial charge in [0, 0.05) is 12.6 Å². The summed E-state index contributed by atoms with van der Waals surface area (Å²) in [5, 5.41) is 3.85. The molecular formula is C20H24Cl2N2O3. The molecule has 0 spiro atoms. The van der Waals surface area contributed by atoms with Crippen LogP contribution in [0.5, 0.6) is 11.5 Å². The summed E-state index contributed by atoms with van der Waals surface area (Å²) in [5.74, 6) is 1.32. The second kappa shape index (κ2) is 10.4. The summed E-state index contributed by atoms with van der Waals surface area (Å²) in [7, 11) is 5.60. The Kier molecular flexibility index (Phi) is 8.23. The van der Waals surface area contributed by atoms with Gasteiger partial charge in [-0.2, -0.15) is 0 Å². The fraction of sp³-hybridized carbons (Fsp3) is 0.350. The van der Waals surface area contributed by atoms with E-state index >= 15 is 0 Å². The van der Waals surface area contributed by atoms with Crippen molar-refractivity contribution >= 4 is 29.1 Å². The third-order valence-corrected chi connectivity index (χ3v) is 4.84. The molecule has 2 rings (SSSR count). The van der Waals surface area contributed by atoms with Crippen LogP contribution >= 0.6 is 23.2 Å². The van der Waals surface area contributed by atoms with Crippen molar-refractivity contribution in [3.8, 4) is 11.5 Å². The largest absolute Gasteiger partial charge is 0.497 e. The van der Waals surface area contributed by atoms with E-state index in [1.807, 2.05) is 38.4 Å². The Morgan fingerprint density at radius 1 is 1.07 bits per heavy atom. The van der Waals surface area contributed by atoms with E-state index in [0.717, 1.165) is 11.3 Å². The van der Waals surface area contributed by atoms with Gasteiger partial charge in [-0.05, 0) is 43.9 Å². The first-order valence-corrected chi connectivity index (χ1v) is 9.31. The van der Waals surface area contributed by atoms with E-state index in [4.69, 9.17) is 32.7 Å². The van der Waals surface area contributed by atoms with Crippen LogP contribution in [0.2, 0.25) is 10.0 Å². The van der Waals surface area contributed by atoms with Gasteiger partial charge in [-0.1, -0.05) is 35.3 Å². The van der Waals surface area contributed by atoms with Gasteiger partial charge >= 0.3 is 0 Å². The molecule has 1 unspecified atom stereocenters. The van der Waals surface area contributed by atoms with Gasteiger partial charge in [0.05, 0.1) is 36.2 Å². The molecule has 0 saturated heterocycles. The van der Waals surface area contributed by atoms with Crippen molar-refractivity contribution in [2.45, 2.75) is 12.5 Å². The standard InChI is InChI=1S/C20H24Cl2N2O3/c1-24(2)19(14-4-6-15(26-3)7-5-14)13-23-20(25)10-11-27-16-8-9-17(21)18(22)12-16/h4-9,12,19H,10-11,13H2,1-3H3,(H,23,25). The van der Waals surface area contributed by atoms with Crippen LogP contribution in [0.4, 0.5) is 0 Å². The monoisotopic (exact) mass is 410 g/mol. The lowest BCUT2D eigenvalue weighted by atomic mass is 10.1. The highest BCUT2D eigenvalue weighted by molar-refractivity contribution is 6.42. The second-order valence-electron chi connectivity index (χ2n) is 6.23.